The van der Waals surface area contributed by atoms with E-state index in [1.165, 1.54) is 5.56 Å². The Morgan fingerprint density at radius 1 is 1.22 bits per heavy atom. The zero-order valence-electron chi connectivity index (χ0n) is 9.63. The number of nitrogens with zero attached hydrogens (tertiary/aromatic N) is 1. The van der Waals surface area contributed by atoms with Gasteiger partial charge in [-0.2, -0.15) is 11.3 Å². The number of carbonyl (C=O) groups is 1. The molecule has 90 valence electrons. The first-order chi connectivity index (χ1) is 8.84. The molecule has 1 fully saturated rings. The fourth-order valence-corrected chi connectivity index (χ4v) is 5.25. The highest BCUT2D eigenvalue weighted by atomic mass is 32.2. The Morgan fingerprint density at radius 3 is 2.94 bits per heavy atom. The van der Waals surface area contributed by atoms with Crippen LogP contribution < -0.4 is 0 Å². The molecule has 1 aromatic heterocycles. The number of carbonyl (C=O) groups excluding carboxylic acids is 1. The van der Waals surface area contributed by atoms with Gasteiger partial charge in [-0.15, -0.1) is 11.8 Å². The highest BCUT2D eigenvalue weighted by Crippen LogP contribution is 2.55. The molecular weight excluding hydrogens is 262 g/mol. The Labute approximate surface area is 114 Å². The van der Waals surface area contributed by atoms with Crippen LogP contribution in [-0.4, -0.2) is 23.1 Å². The van der Waals surface area contributed by atoms with Crippen molar-refractivity contribution in [2.45, 2.75) is 4.87 Å². The van der Waals surface area contributed by atoms with Crippen molar-refractivity contribution in [2.75, 3.05) is 12.3 Å². The second-order valence-corrected chi connectivity index (χ2v) is 6.57. The lowest BCUT2D eigenvalue weighted by atomic mass is 9.99. The van der Waals surface area contributed by atoms with E-state index in [9.17, 15) is 4.79 Å². The van der Waals surface area contributed by atoms with Gasteiger partial charge in [0, 0.05) is 29.0 Å². The van der Waals surface area contributed by atoms with Crippen LogP contribution in [0.3, 0.4) is 0 Å². The molecule has 0 aliphatic carbocycles. The summed E-state index contributed by atoms with van der Waals surface area (Å²) in [6, 6.07) is 10.2. The second kappa shape index (κ2) is 3.62. The van der Waals surface area contributed by atoms with Crippen molar-refractivity contribution in [3.63, 3.8) is 0 Å². The number of thiophene rings is 1. The lowest BCUT2D eigenvalue weighted by Crippen LogP contribution is -2.37. The zero-order chi connectivity index (χ0) is 12.2. The average molecular weight is 273 g/mol. The zero-order valence-corrected chi connectivity index (χ0v) is 11.3. The molecule has 2 aliphatic rings. The van der Waals surface area contributed by atoms with Gasteiger partial charge in [-0.1, -0.05) is 18.2 Å². The molecule has 1 atom stereocenters. The molecule has 18 heavy (non-hydrogen) atoms. The summed E-state index contributed by atoms with van der Waals surface area (Å²) in [5.41, 5.74) is 3.28. The van der Waals surface area contributed by atoms with E-state index in [0.29, 0.717) is 0 Å². The van der Waals surface area contributed by atoms with E-state index >= 15 is 0 Å². The lowest BCUT2D eigenvalue weighted by molar-refractivity contribution is 0.0753. The van der Waals surface area contributed by atoms with Gasteiger partial charge >= 0.3 is 0 Å². The number of benzene rings is 1. The van der Waals surface area contributed by atoms with Crippen LogP contribution in [0.4, 0.5) is 0 Å². The van der Waals surface area contributed by atoms with Crippen LogP contribution >= 0.6 is 23.1 Å². The van der Waals surface area contributed by atoms with Crippen LogP contribution in [-0.2, 0) is 4.87 Å². The minimum Gasteiger partial charge on any atom is -0.315 e. The monoisotopic (exact) mass is 273 g/mol. The van der Waals surface area contributed by atoms with E-state index in [1.54, 1.807) is 11.3 Å². The van der Waals surface area contributed by atoms with E-state index in [4.69, 9.17) is 0 Å². The van der Waals surface area contributed by atoms with E-state index in [1.807, 2.05) is 34.9 Å². The summed E-state index contributed by atoms with van der Waals surface area (Å²) < 4.78 is 0. The van der Waals surface area contributed by atoms with Crippen LogP contribution in [0.2, 0.25) is 0 Å². The molecule has 0 radical (unpaired) electrons. The quantitative estimate of drug-likeness (QED) is 0.795. The third-order valence-electron chi connectivity index (χ3n) is 3.69. The van der Waals surface area contributed by atoms with Gasteiger partial charge in [0.05, 0.1) is 0 Å². The van der Waals surface area contributed by atoms with Crippen LogP contribution in [0.5, 0.6) is 0 Å². The number of amides is 1. The van der Waals surface area contributed by atoms with Crippen molar-refractivity contribution in [3.8, 4) is 0 Å². The van der Waals surface area contributed by atoms with Crippen LogP contribution in [0, 0.1) is 0 Å². The van der Waals surface area contributed by atoms with Crippen molar-refractivity contribution < 1.29 is 4.79 Å². The average Bonchev–Trinajstić information content (AvgIpc) is 3.09. The molecule has 0 bridgehead atoms. The van der Waals surface area contributed by atoms with Gasteiger partial charge in [-0.25, -0.2) is 0 Å². The molecule has 1 unspecified atom stereocenters. The topological polar surface area (TPSA) is 20.3 Å². The summed E-state index contributed by atoms with van der Waals surface area (Å²) in [4.78, 5) is 14.3. The largest absolute Gasteiger partial charge is 0.315 e. The molecule has 2 nitrogen and oxygen atoms in total. The van der Waals surface area contributed by atoms with Crippen molar-refractivity contribution in [1.82, 2.24) is 4.90 Å². The predicted octanol–water partition coefficient (Wildman–Crippen LogP) is 3.15. The molecule has 1 saturated heterocycles. The second-order valence-electron chi connectivity index (χ2n) is 4.51. The molecule has 2 aliphatic heterocycles. The standard InChI is InChI=1S/C14H11NOS2/c16-13-11-3-1-2-4-12(11)14(10-5-7-17-9-10)15(13)6-8-18-14/h1-5,7,9H,6,8H2. The van der Waals surface area contributed by atoms with Crippen LogP contribution in [0.1, 0.15) is 21.5 Å². The normalized spacial score (nSPS) is 25.3. The Kier molecular flexibility index (Phi) is 2.14. The number of hydrogen-bond acceptors (Lipinski definition) is 3. The van der Waals surface area contributed by atoms with Gasteiger partial charge in [0.15, 0.2) is 0 Å². The molecule has 0 N–H and O–H groups in total. The molecular formula is C14H11NOS2. The predicted molar refractivity (Wildman–Crippen MR) is 75.0 cm³/mol. The van der Waals surface area contributed by atoms with Crippen molar-refractivity contribution in [1.29, 1.82) is 0 Å². The SMILES string of the molecule is O=C1c2ccccc2C2(c3ccsc3)SCCN12. The summed E-state index contributed by atoms with van der Waals surface area (Å²) in [7, 11) is 0. The first-order valence-corrected chi connectivity index (χ1v) is 7.85. The third-order valence-corrected chi connectivity index (χ3v) is 5.85. The summed E-state index contributed by atoms with van der Waals surface area (Å²) in [6.07, 6.45) is 0. The van der Waals surface area contributed by atoms with Crippen LogP contribution in [0.15, 0.2) is 41.1 Å². The van der Waals surface area contributed by atoms with E-state index in [0.717, 1.165) is 23.4 Å². The van der Waals surface area contributed by atoms with Gasteiger partial charge in [-0.05, 0) is 22.9 Å². The number of thioether (sulfide) groups is 1. The van der Waals surface area contributed by atoms with Crippen molar-refractivity contribution >= 4 is 29.0 Å². The first-order valence-electron chi connectivity index (χ1n) is 5.92. The molecule has 3 heterocycles. The van der Waals surface area contributed by atoms with Gasteiger partial charge in [0.1, 0.15) is 4.87 Å². The Balaban J connectivity index is 2.03. The number of fused-ring (bicyclic) bond motifs is 3. The molecule has 0 saturated carbocycles. The maximum absolute atomic E-state index is 12.5. The number of hydrogen-bond donors (Lipinski definition) is 0. The molecule has 1 aromatic carbocycles. The fourth-order valence-electron chi connectivity index (χ4n) is 2.95. The highest BCUT2D eigenvalue weighted by molar-refractivity contribution is 8.00. The third kappa shape index (κ3) is 1.12. The Hall–Kier alpha value is -1.26. The molecule has 1 amide bonds. The lowest BCUT2D eigenvalue weighted by Gasteiger charge is -2.31. The minimum atomic E-state index is -0.256. The highest BCUT2D eigenvalue weighted by Gasteiger charge is 2.54. The summed E-state index contributed by atoms with van der Waals surface area (Å²) in [6.45, 7) is 0.841. The summed E-state index contributed by atoms with van der Waals surface area (Å²) in [5, 5.41) is 4.26. The Morgan fingerprint density at radius 2 is 2.11 bits per heavy atom. The summed E-state index contributed by atoms with van der Waals surface area (Å²) >= 11 is 3.57. The first kappa shape index (κ1) is 10.6. The van der Waals surface area contributed by atoms with Gasteiger partial charge < -0.3 is 4.90 Å². The molecule has 4 rings (SSSR count). The van der Waals surface area contributed by atoms with E-state index in [-0.39, 0.29) is 10.8 Å². The van der Waals surface area contributed by atoms with Gasteiger partial charge in [0.2, 0.25) is 0 Å². The maximum Gasteiger partial charge on any atom is 0.255 e. The minimum absolute atomic E-state index is 0.182. The Bertz CT molecular complexity index is 622. The van der Waals surface area contributed by atoms with Crippen molar-refractivity contribution in [2.24, 2.45) is 0 Å². The molecule has 2 aromatic rings. The fraction of sp³-hybridized carbons (Fsp3) is 0.214. The van der Waals surface area contributed by atoms with E-state index < -0.39 is 0 Å². The van der Waals surface area contributed by atoms with Gasteiger partial charge in [0.25, 0.3) is 5.91 Å². The molecule has 4 heteroatoms. The molecule has 0 spiro atoms. The van der Waals surface area contributed by atoms with Crippen LogP contribution in [0.25, 0.3) is 0 Å². The number of rotatable bonds is 1. The van der Waals surface area contributed by atoms with Crippen molar-refractivity contribution in [3.05, 3.63) is 57.8 Å². The smallest absolute Gasteiger partial charge is 0.255 e. The van der Waals surface area contributed by atoms with Gasteiger partial charge in [-0.3, -0.25) is 4.79 Å². The van der Waals surface area contributed by atoms with E-state index in [2.05, 4.69) is 22.9 Å². The maximum atomic E-state index is 12.5. The summed E-state index contributed by atoms with van der Waals surface area (Å²) in [5.74, 6) is 1.19.